The Morgan fingerprint density at radius 3 is 1.28 bits per heavy atom. The van der Waals surface area contributed by atoms with E-state index in [1.807, 2.05) is 22.7 Å². The van der Waals surface area contributed by atoms with Crippen molar-refractivity contribution in [3.63, 3.8) is 0 Å². The van der Waals surface area contributed by atoms with Crippen molar-refractivity contribution in [2.24, 2.45) is 5.41 Å². The number of fused-ring (bicyclic) bond motifs is 12. The number of thiophene rings is 2. The first kappa shape index (κ1) is 32.8. The van der Waals surface area contributed by atoms with Gasteiger partial charge < -0.3 is 13.9 Å². The van der Waals surface area contributed by atoms with Gasteiger partial charge in [-0.05, 0) is 70.8 Å². The van der Waals surface area contributed by atoms with E-state index < -0.39 is 0 Å². The summed E-state index contributed by atoms with van der Waals surface area (Å²) in [5, 5.41) is 10.6. The number of benzene rings is 8. The molecule has 4 aromatic heterocycles. The molecule has 0 saturated carbocycles. The third kappa shape index (κ3) is 4.75. The third-order valence-corrected chi connectivity index (χ3v) is 15.2. The first-order valence-electron chi connectivity index (χ1n) is 20.1. The topological polar surface area (TPSA) is 19.1 Å². The quantitative estimate of drug-likeness (QED) is 0.164. The molecule has 0 spiro atoms. The lowest BCUT2D eigenvalue weighted by molar-refractivity contribution is -0.128. The summed E-state index contributed by atoms with van der Waals surface area (Å²) in [6.45, 7) is 3.21. The van der Waals surface area contributed by atoms with Crippen LogP contribution in [-0.4, -0.2) is 22.3 Å². The van der Waals surface area contributed by atoms with E-state index in [1.54, 1.807) is 0 Å². The summed E-state index contributed by atoms with van der Waals surface area (Å²) in [7, 11) is 0. The fourth-order valence-electron chi connectivity index (χ4n) is 10.0. The van der Waals surface area contributed by atoms with Crippen molar-refractivity contribution in [3.8, 4) is 22.3 Å². The van der Waals surface area contributed by atoms with E-state index in [1.165, 1.54) is 106 Å². The molecule has 3 nitrogen and oxygen atoms in total. The number of hydrogen-bond donors (Lipinski definition) is 0. The Labute approximate surface area is 342 Å². The van der Waals surface area contributed by atoms with Gasteiger partial charge in [0.05, 0.1) is 18.6 Å². The SMILES string of the molecule is c1ccc2c(c1)sc1c(-c3ccc4c(c3)c3ccccc3n4CC3(Cn4c5ccccc5c5cc(-c6cccc7c6sc6ccccc67)ccc54)COC3)cccc12. The third-order valence-electron chi connectivity index (χ3n) is 12.8. The zero-order valence-electron chi connectivity index (χ0n) is 31.6. The van der Waals surface area contributed by atoms with Crippen LogP contribution in [0.25, 0.3) is 106 Å². The Balaban J connectivity index is 0.915. The van der Waals surface area contributed by atoms with Gasteiger partial charge in [-0.3, -0.25) is 0 Å². The van der Waals surface area contributed by atoms with Crippen LogP contribution in [0.15, 0.2) is 170 Å². The first-order valence-corrected chi connectivity index (χ1v) is 21.7. The predicted molar refractivity (Wildman–Crippen MR) is 249 cm³/mol. The lowest BCUT2D eigenvalue weighted by atomic mass is 9.85. The molecule has 0 atom stereocenters. The molecule has 58 heavy (non-hydrogen) atoms. The zero-order chi connectivity index (χ0) is 38.0. The molecule has 1 aliphatic rings. The van der Waals surface area contributed by atoms with Crippen molar-refractivity contribution in [2.75, 3.05) is 13.2 Å². The van der Waals surface area contributed by atoms with Gasteiger partial charge in [0.15, 0.2) is 0 Å². The second kappa shape index (κ2) is 12.4. The molecule has 1 saturated heterocycles. The molecule has 8 aromatic carbocycles. The van der Waals surface area contributed by atoms with Gasteiger partial charge in [-0.25, -0.2) is 0 Å². The van der Waals surface area contributed by atoms with Gasteiger partial charge in [-0.15, -0.1) is 22.7 Å². The Morgan fingerprint density at radius 1 is 0.397 bits per heavy atom. The Morgan fingerprint density at radius 2 is 0.810 bits per heavy atom. The van der Waals surface area contributed by atoms with Crippen molar-refractivity contribution in [1.82, 2.24) is 9.13 Å². The number of ether oxygens (including phenoxy) is 1. The summed E-state index contributed by atoms with van der Waals surface area (Å²) in [6.07, 6.45) is 0. The highest BCUT2D eigenvalue weighted by molar-refractivity contribution is 7.26. The Hall–Kier alpha value is -6.24. The van der Waals surface area contributed by atoms with Crippen LogP contribution in [0.5, 0.6) is 0 Å². The average molecular weight is 781 g/mol. The highest BCUT2D eigenvalue weighted by Gasteiger charge is 2.41. The monoisotopic (exact) mass is 780 g/mol. The van der Waals surface area contributed by atoms with E-state index in [4.69, 9.17) is 4.74 Å². The molecule has 13 rings (SSSR count). The van der Waals surface area contributed by atoms with Crippen molar-refractivity contribution >= 4 is 107 Å². The largest absolute Gasteiger partial charge is 0.380 e. The fourth-order valence-corrected chi connectivity index (χ4v) is 12.5. The summed E-state index contributed by atoms with van der Waals surface area (Å²) >= 11 is 3.80. The molecular weight excluding hydrogens is 745 g/mol. The van der Waals surface area contributed by atoms with Crippen LogP contribution < -0.4 is 0 Å². The van der Waals surface area contributed by atoms with Crippen molar-refractivity contribution in [2.45, 2.75) is 13.1 Å². The van der Waals surface area contributed by atoms with Gasteiger partial charge in [-0.1, -0.05) is 121 Å². The summed E-state index contributed by atoms with van der Waals surface area (Å²) in [5.41, 5.74) is 10.2. The van der Waals surface area contributed by atoms with Crippen LogP contribution in [0.2, 0.25) is 0 Å². The number of para-hydroxylation sites is 2. The summed E-state index contributed by atoms with van der Waals surface area (Å²) in [5.74, 6) is 0. The maximum absolute atomic E-state index is 6.15. The Kier molecular flexibility index (Phi) is 7.00. The van der Waals surface area contributed by atoms with Gasteiger partial charge in [0.25, 0.3) is 0 Å². The number of nitrogens with zero attached hydrogens (tertiary/aromatic N) is 2. The highest BCUT2D eigenvalue weighted by atomic mass is 32.1. The molecule has 12 aromatic rings. The minimum Gasteiger partial charge on any atom is -0.380 e. The van der Waals surface area contributed by atoms with E-state index in [0.717, 1.165) is 26.3 Å². The maximum Gasteiger partial charge on any atom is 0.0579 e. The summed E-state index contributed by atoms with van der Waals surface area (Å²) in [6, 6.07) is 63.3. The van der Waals surface area contributed by atoms with Crippen molar-refractivity contribution in [1.29, 1.82) is 0 Å². The summed E-state index contributed by atoms with van der Waals surface area (Å²) in [4.78, 5) is 0. The molecule has 0 N–H and O–H groups in total. The number of aromatic nitrogens is 2. The second-order valence-electron chi connectivity index (χ2n) is 16.2. The molecule has 0 bridgehead atoms. The maximum atomic E-state index is 6.15. The van der Waals surface area contributed by atoms with E-state index in [9.17, 15) is 0 Å². The molecule has 276 valence electrons. The smallest absolute Gasteiger partial charge is 0.0579 e. The van der Waals surface area contributed by atoms with Crippen LogP contribution in [-0.2, 0) is 17.8 Å². The van der Waals surface area contributed by atoms with Gasteiger partial charge in [0.1, 0.15) is 0 Å². The Bertz CT molecular complexity index is 3400. The van der Waals surface area contributed by atoms with Crippen LogP contribution >= 0.6 is 22.7 Å². The molecule has 0 radical (unpaired) electrons. The first-order chi connectivity index (χ1) is 28.7. The molecule has 5 heteroatoms. The second-order valence-corrected chi connectivity index (χ2v) is 18.3. The van der Waals surface area contributed by atoms with Crippen LogP contribution in [0.3, 0.4) is 0 Å². The molecule has 0 aliphatic carbocycles. The lowest BCUT2D eigenvalue weighted by Crippen LogP contribution is -2.48. The van der Waals surface area contributed by atoms with Gasteiger partial charge >= 0.3 is 0 Å². The van der Waals surface area contributed by atoms with Crippen LogP contribution in [0, 0.1) is 5.41 Å². The average Bonchev–Trinajstić information content (AvgIpc) is 4.01. The molecule has 0 amide bonds. The normalized spacial score (nSPS) is 14.3. The van der Waals surface area contributed by atoms with Crippen molar-refractivity contribution in [3.05, 3.63) is 170 Å². The summed E-state index contributed by atoms with van der Waals surface area (Å²) < 4.78 is 16.7. The zero-order valence-corrected chi connectivity index (χ0v) is 33.2. The molecular formula is C53H36N2OS2. The molecule has 5 heterocycles. The minimum atomic E-state index is -0.0634. The van der Waals surface area contributed by atoms with E-state index in [0.29, 0.717) is 0 Å². The molecule has 1 aliphatic heterocycles. The lowest BCUT2D eigenvalue weighted by Gasteiger charge is -2.42. The van der Waals surface area contributed by atoms with Gasteiger partial charge in [-0.2, -0.15) is 0 Å². The van der Waals surface area contributed by atoms with E-state index >= 15 is 0 Å². The van der Waals surface area contributed by atoms with Gasteiger partial charge in [0, 0.05) is 97.0 Å². The molecule has 1 fully saturated rings. The highest BCUT2D eigenvalue weighted by Crippen LogP contribution is 2.45. The van der Waals surface area contributed by atoms with Crippen molar-refractivity contribution < 1.29 is 4.74 Å². The van der Waals surface area contributed by atoms with E-state index in [2.05, 4.69) is 179 Å². The number of hydrogen-bond acceptors (Lipinski definition) is 3. The van der Waals surface area contributed by atoms with E-state index in [-0.39, 0.29) is 5.41 Å². The number of rotatable bonds is 6. The fraction of sp³-hybridized carbons (Fsp3) is 0.0943. The predicted octanol–water partition coefficient (Wildman–Crippen LogP) is 14.7. The van der Waals surface area contributed by atoms with Gasteiger partial charge in [0.2, 0.25) is 0 Å². The van der Waals surface area contributed by atoms with Crippen LogP contribution in [0.1, 0.15) is 0 Å². The van der Waals surface area contributed by atoms with Crippen LogP contribution in [0.4, 0.5) is 0 Å². The standard InChI is InChI=1S/C53H36N2OS2/c1-5-19-45-37(11-1)43-27-33(35-15-9-17-41-39-13-3-7-21-49(39)57-51(35)41)23-25-47(43)54(45)29-53(31-56-32-53)30-55-46-20-6-2-12-38(46)44-28-34(24-26-48(44)55)36-16-10-18-42-40-14-4-8-22-50(40)58-52(36)42/h1-28H,29-32H2. The minimum absolute atomic E-state index is 0.0634. The molecule has 0 unspecified atom stereocenters.